The van der Waals surface area contributed by atoms with Crippen molar-refractivity contribution in [2.45, 2.75) is 19.3 Å². The van der Waals surface area contributed by atoms with E-state index in [4.69, 9.17) is 27.9 Å². The number of nitrogens with zero attached hydrogens (tertiary/aromatic N) is 2. The fourth-order valence-corrected chi connectivity index (χ4v) is 4.29. The van der Waals surface area contributed by atoms with Gasteiger partial charge in [0, 0.05) is 18.7 Å². The molecule has 0 atom stereocenters. The van der Waals surface area contributed by atoms with Crippen molar-refractivity contribution < 1.29 is 14.3 Å². The number of carbonyl (C=O) groups excluding carboxylic acids is 2. The van der Waals surface area contributed by atoms with E-state index in [0.717, 1.165) is 37.3 Å². The van der Waals surface area contributed by atoms with Gasteiger partial charge in [0.15, 0.2) is 0 Å². The van der Waals surface area contributed by atoms with E-state index in [1.165, 1.54) is 0 Å². The lowest BCUT2D eigenvalue weighted by Crippen LogP contribution is -2.37. The van der Waals surface area contributed by atoms with Gasteiger partial charge in [-0.15, -0.1) is 0 Å². The van der Waals surface area contributed by atoms with Crippen molar-refractivity contribution in [1.29, 1.82) is 0 Å². The number of imide groups is 1. The van der Waals surface area contributed by atoms with Crippen LogP contribution in [0.15, 0.2) is 48.2 Å². The Morgan fingerprint density at radius 3 is 2.34 bits per heavy atom. The van der Waals surface area contributed by atoms with Crippen LogP contribution in [0.25, 0.3) is 5.57 Å². The van der Waals surface area contributed by atoms with Crippen molar-refractivity contribution in [3.8, 4) is 5.75 Å². The van der Waals surface area contributed by atoms with E-state index in [2.05, 4.69) is 0 Å². The molecule has 2 aromatic carbocycles. The molecule has 0 unspecified atom stereocenters. The SMILES string of the molecule is COc1ccccc1C1=C(N2CCCCC2)C(=O)N(c2cccc(Cl)c2Cl)C1=O. The molecule has 2 aromatic rings. The molecule has 0 spiro atoms. The number of halogens is 2. The van der Waals surface area contributed by atoms with Crippen LogP contribution in [-0.4, -0.2) is 36.9 Å². The Labute approximate surface area is 179 Å². The van der Waals surface area contributed by atoms with Gasteiger partial charge < -0.3 is 9.64 Å². The van der Waals surface area contributed by atoms with Gasteiger partial charge in [-0.1, -0.05) is 47.5 Å². The molecule has 1 fully saturated rings. The van der Waals surface area contributed by atoms with Gasteiger partial charge in [0.25, 0.3) is 11.8 Å². The summed E-state index contributed by atoms with van der Waals surface area (Å²) in [6, 6.07) is 12.2. The molecule has 5 nitrogen and oxygen atoms in total. The third-order valence-electron chi connectivity index (χ3n) is 5.28. The van der Waals surface area contributed by atoms with Crippen molar-refractivity contribution >= 4 is 46.3 Å². The van der Waals surface area contributed by atoms with E-state index in [1.807, 2.05) is 17.0 Å². The second kappa shape index (κ2) is 8.09. The van der Waals surface area contributed by atoms with Gasteiger partial charge in [-0.3, -0.25) is 9.59 Å². The fraction of sp³-hybridized carbons (Fsp3) is 0.273. The van der Waals surface area contributed by atoms with Crippen LogP contribution < -0.4 is 9.64 Å². The topological polar surface area (TPSA) is 49.9 Å². The van der Waals surface area contributed by atoms with Gasteiger partial charge in [-0.2, -0.15) is 0 Å². The summed E-state index contributed by atoms with van der Waals surface area (Å²) in [6.07, 6.45) is 3.06. The van der Waals surface area contributed by atoms with Crippen molar-refractivity contribution in [2.24, 2.45) is 0 Å². The van der Waals surface area contributed by atoms with E-state index >= 15 is 0 Å². The minimum atomic E-state index is -0.427. The molecule has 0 radical (unpaired) electrons. The molecule has 0 aliphatic carbocycles. The molecular weight excluding hydrogens is 411 g/mol. The van der Waals surface area contributed by atoms with Gasteiger partial charge in [0.2, 0.25) is 0 Å². The first-order chi connectivity index (χ1) is 14.0. The number of likely N-dealkylation sites (tertiary alicyclic amines) is 1. The third-order valence-corrected chi connectivity index (χ3v) is 6.09. The standard InChI is InChI=1S/C22H20Cl2N2O3/c1-29-17-11-4-3-8-14(17)18-20(25-12-5-2-6-13-25)22(28)26(21(18)27)16-10-7-9-15(23)19(16)24/h3-4,7-11H,2,5-6,12-13H2,1H3. The number of carbonyl (C=O) groups is 2. The van der Waals surface area contributed by atoms with Crippen LogP contribution in [0, 0.1) is 0 Å². The summed E-state index contributed by atoms with van der Waals surface area (Å²) in [5, 5.41) is 0.463. The van der Waals surface area contributed by atoms with Crippen molar-refractivity contribution in [2.75, 3.05) is 25.1 Å². The first-order valence-corrected chi connectivity index (χ1v) is 10.3. The molecule has 4 rings (SSSR count). The van der Waals surface area contributed by atoms with Crippen LogP contribution in [0.2, 0.25) is 10.0 Å². The second-order valence-corrected chi connectivity index (χ2v) is 7.78. The third kappa shape index (κ3) is 3.38. The van der Waals surface area contributed by atoms with Crippen molar-refractivity contribution in [3.05, 3.63) is 63.8 Å². The number of anilines is 1. The minimum Gasteiger partial charge on any atom is -0.496 e. The Hall–Kier alpha value is -2.50. The summed E-state index contributed by atoms with van der Waals surface area (Å²) in [5.41, 5.74) is 1.61. The molecule has 2 heterocycles. The van der Waals surface area contributed by atoms with Crippen LogP contribution in [0.4, 0.5) is 5.69 Å². The van der Waals surface area contributed by atoms with Crippen molar-refractivity contribution in [1.82, 2.24) is 4.90 Å². The average Bonchev–Trinajstić information content (AvgIpc) is 3.00. The second-order valence-electron chi connectivity index (χ2n) is 6.99. The van der Waals surface area contributed by atoms with Crippen LogP contribution in [0.3, 0.4) is 0 Å². The zero-order valence-corrected chi connectivity index (χ0v) is 17.5. The molecule has 1 saturated heterocycles. The molecule has 2 amide bonds. The van der Waals surface area contributed by atoms with E-state index in [-0.39, 0.29) is 21.6 Å². The Balaban J connectivity index is 1.89. The van der Waals surface area contributed by atoms with Crippen LogP contribution in [-0.2, 0) is 9.59 Å². The van der Waals surface area contributed by atoms with Gasteiger partial charge in [-0.25, -0.2) is 4.90 Å². The first-order valence-electron chi connectivity index (χ1n) is 9.50. The lowest BCUT2D eigenvalue weighted by atomic mass is 10.0. The maximum absolute atomic E-state index is 13.6. The highest BCUT2D eigenvalue weighted by atomic mass is 35.5. The molecule has 0 bridgehead atoms. The number of methoxy groups -OCH3 is 1. The number of benzene rings is 2. The maximum atomic E-state index is 13.6. The lowest BCUT2D eigenvalue weighted by molar-refractivity contribution is -0.120. The fourth-order valence-electron chi connectivity index (χ4n) is 3.91. The zero-order valence-electron chi connectivity index (χ0n) is 16.0. The molecule has 29 heavy (non-hydrogen) atoms. The Morgan fingerprint density at radius 1 is 0.897 bits per heavy atom. The summed E-state index contributed by atoms with van der Waals surface area (Å²) in [5.74, 6) is -0.275. The number of hydrogen-bond acceptors (Lipinski definition) is 4. The summed E-state index contributed by atoms with van der Waals surface area (Å²) in [7, 11) is 1.55. The monoisotopic (exact) mass is 430 g/mol. The normalized spacial score (nSPS) is 17.3. The number of hydrogen-bond donors (Lipinski definition) is 0. The highest BCUT2D eigenvalue weighted by Gasteiger charge is 2.44. The predicted octanol–water partition coefficient (Wildman–Crippen LogP) is 4.77. The molecule has 0 saturated carbocycles. The van der Waals surface area contributed by atoms with Gasteiger partial charge in [0.05, 0.1) is 28.4 Å². The Kier molecular flexibility index (Phi) is 5.52. The molecular formula is C22H20Cl2N2O3. The quantitative estimate of drug-likeness (QED) is 0.655. The summed E-state index contributed by atoms with van der Waals surface area (Å²) in [6.45, 7) is 1.45. The van der Waals surface area contributed by atoms with Crippen LogP contribution >= 0.6 is 23.2 Å². The highest BCUT2D eigenvalue weighted by molar-refractivity contribution is 6.49. The van der Waals surface area contributed by atoms with Crippen molar-refractivity contribution in [3.63, 3.8) is 0 Å². The van der Waals surface area contributed by atoms with E-state index < -0.39 is 5.91 Å². The lowest BCUT2D eigenvalue weighted by Gasteiger charge is -2.29. The molecule has 0 N–H and O–H groups in total. The van der Waals surface area contributed by atoms with Crippen LogP contribution in [0.1, 0.15) is 24.8 Å². The highest BCUT2D eigenvalue weighted by Crippen LogP contribution is 2.42. The number of amides is 2. The molecule has 0 aromatic heterocycles. The zero-order chi connectivity index (χ0) is 20.5. The summed E-state index contributed by atoms with van der Waals surface area (Å²) < 4.78 is 5.48. The largest absolute Gasteiger partial charge is 0.496 e. The Morgan fingerprint density at radius 2 is 1.62 bits per heavy atom. The van der Waals surface area contributed by atoms with Gasteiger partial charge in [0.1, 0.15) is 11.4 Å². The smallest absolute Gasteiger partial charge is 0.282 e. The number of piperidine rings is 1. The van der Waals surface area contributed by atoms with Crippen LogP contribution in [0.5, 0.6) is 5.75 Å². The molecule has 7 heteroatoms. The number of rotatable bonds is 4. The molecule has 150 valence electrons. The van der Waals surface area contributed by atoms with Gasteiger partial charge >= 0.3 is 0 Å². The number of para-hydroxylation sites is 1. The maximum Gasteiger partial charge on any atom is 0.282 e. The predicted molar refractivity (Wildman–Crippen MR) is 114 cm³/mol. The molecule has 2 aliphatic heterocycles. The average molecular weight is 431 g/mol. The van der Waals surface area contributed by atoms with E-state index in [9.17, 15) is 9.59 Å². The van der Waals surface area contributed by atoms with Gasteiger partial charge in [-0.05, 0) is 37.5 Å². The number of ether oxygens (including phenoxy) is 1. The Bertz CT molecular complexity index is 1010. The summed E-state index contributed by atoms with van der Waals surface area (Å²) in [4.78, 5) is 30.2. The summed E-state index contributed by atoms with van der Waals surface area (Å²) >= 11 is 12.5. The first kappa shape index (κ1) is 19.8. The minimum absolute atomic E-state index is 0.176. The van der Waals surface area contributed by atoms with E-state index in [1.54, 1.807) is 37.4 Å². The van der Waals surface area contributed by atoms with E-state index in [0.29, 0.717) is 22.6 Å². The molecule has 2 aliphatic rings.